The van der Waals surface area contributed by atoms with Gasteiger partial charge in [-0.2, -0.15) is 0 Å². The molecule has 0 aromatic heterocycles. The van der Waals surface area contributed by atoms with Gasteiger partial charge in [-0.25, -0.2) is 0 Å². The number of anilines is 1. The summed E-state index contributed by atoms with van der Waals surface area (Å²) < 4.78 is 5.45. The molecular weight excluding hydrogens is 266 g/mol. The van der Waals surface area contributed by atoms with Gasteiger partial charge in [0.25, 0.3) is 0 Å². The lowest BCUT2D eigenvalue weighted by atomic mass is 10.2. The molecule has 21 heavy (non-hydrogen) atoms. The van der Waals surface area contributed by atoms with Gasteiger partial charge in [-0.1, -0.05) is 27.7 Å². The minimum absolute atomic E-state index is 0.0971. The number of rotatable bonds is 6. The maximum Gasteiger partial charge on any atom is 0.221 e. The Bertz CT molecular complexity index is 386. The molecule has 0 spiro atoms. The van der Waals surface area contributed by atoms with Gasteiger partial charge in [0.1, 0.15) is 11.5 Å². The Hall–Kier alpha value is -1.84. The highest BCUT2D eigenvalue weighted by Crippen LogP contribution is 2.15. The normalized spacial score (nSPS) is 8.48. The van der Waals surface area contributed by atoms with Crippen LogP contribution < -0.4 is 10.1 Å². The van der Waals surface area contributed by atoms with Gasteiger partial charge >= 0.3 is 0 Å². The standard InChI is InChI=1S/C13H17NO3.2C2H6/c1-10(15)4-3-9-17-13-7-5-12(6-8-13)14-11(2)16;2*1-2/h5-8H,3-4,9H2,1-2H3,(H,14,16);2*1-2H3. The predicted octanol–water partition coefficient (Wildman–Crippen LogP) is 4.45. The van der Waals surface area contributed by atoms with Gasteiger partial charge in [0.2, 0.25) is 5.91 Å². The summed E-state index contributed by atoms with van der Waals surface area (Å²) in [6.07, 6.45) is 1.27. The van der Waals surface area contributed by atoms with E-state index in [-0.39, 0.29) is 11.7 Å². The van der Waals surface area contributed by atoms with Crippen LogP contribution in [0.1, 0.15) is 54.4 Å². The van der Waals surface area contributed by atoms with Crippen LogP contribution in [0.15, 0.2) is 24.3 Å². The van der Waals surface area contributed by atoms with Gasteiger partial charge < -0.3 is 14.8 Å². The minimum atomic E-state index is -0.0971. The quantitative estimate of drug-likeness (QED) is 0.789. The van der Waals surface area contributed by atoms with Crippen molar-refractivity contribution in [1.29, 1.82) is 0 Å². The lowest BCUT2D eigenvalue weighted by Gasteiger charge is -2.06. The molecule has 0 unspecified atom stereocenters. The van der Waals surface area contributed by atoms with Gasteiger partial charge in [-0.15, -0.1) is 0 Å². The Kier molecular flexibility index (Phi) is 14.9. The third-order valence-electron chi connectivity index (χ3n) is 2.12. The van der Waals surface area contributed by atoms with Crippen molar-refractivity contribution in [1.82, 2.24) is 0 Å². The van der Waals surface area contributed by atoms with Crippen molar-refractivity contribution in [2.24, 2.45) is 0 Å². The first-order chi connectivity index (χ1) is 10.1. The zero-order valence-electron chi connectivity index (χ0n) is 14.2. The summed E-state index contributed by atoms with van der Waals surface area (Å²) in [7, 11) is 0. The van der Waals surface area contributed by atoms with Gasteiger partial charge in [-0.3, -0.25) is 4.79 Å². The monoisotopic (exact) mass is 295 g/mol. The molecule has 0 aliphatic heterocycles. The van der Waals surface area contributed by atoms with E-state index in [1.807, 2.05) is 27.7 Å². The van der Waals surface area contributed by atoms with Crippen LogP contribution in [0.2, 0.25) is 0 Å². The maximum atomic E-state index is 10.8. The zero-order valence-corrected chi connectivity index (χ0v) is 14.2. The summed E-state index contributed by atoms with van der Waals surface area (Å²) >= 11 is 0. The van der Waals surface area contributed by atoms with E-state index in [1.165, 1.54) is 6.92 Å². The molecule has 1 amide bonds. The van der Waals surface area contributed by atoms with E-state index in [1.54, 1.807) is 31.2 Å². The number of carbonyl (C=O) groups excluding carboxylic acids is 2. The highest BCUT2D eigenvalue weighted by molar-refractivity contribution is 5.88. The Labute approximate surface area is 128 Å². The second-order valence-corrected chi connectivity index (χ2v) is 3.86. The average molecular weight is 295 g/mol. The lowest BCUT2D eigenvalue weighted by molar-refractivity contribution is -0.117. The van der Waals surface area contributed by atoms with E-state index < -0.39 is 0 Å². The van der Waals surface area contributed by atoms with Crippen LogP contribution in [-0.4, -0.2) is 18.3 Å². The molecule has 0 fully saturated rings. The molecule has 0 aliphatic rings. The van der Waals surface area contributed by atoms with Crippen molar-refractivity contribution in [3.8, 4) is 5.75 Å². The molecule has 0 aliphatic carbocycles. The van der Waals surface area contributed by atoms with Crippen LogP contribution in [0.25, 0.3) is 0 Å². The van der Waals surface area contributed by atoms with Gasteiger partial charge in [-0.05, 0) is 37.6 Å². The molecule has 0 radical (unpaired) electrons. The topological polar surface area (TPSA) is 55.4 Å². The van der Waals surface area contributed by atoms with E-state index in [4.69, 9.17) is 4.74 Å². The number of ether oxygens (including phenoxy) is 1. The third kappa shape index (κ3) is 12.9. The Morgan fingerprint density at radius 1 is 1.00 bits per heavy atom. The molecule has 0 bridgehead atoms. The Balaban J connectivity index is 0. The summed E-state index contributed by atoms with van der Waals surface area (Å²) in [5.41, 5.74) is 0.744. The van der Waals surface area contributed by atoms with E-state index >= 15 is 0 Å². The summed E-state index contributed by atoms with van der Waals surface area (Å²) in [5, 5.41) is 2.68. The number of hydrogen-bond acceptors (Lipinski definition) is 3. The van der Waals surface area contributed by atoms with Crippen molar-refractivity contribution in [3.05, 3.63) is 24.3 Å². The zero-order chi connectivity index (χ0) is 16.7. The van der Waals surface area contributed by atoms with Crippen LogP contribution in [0.5, 0.6) is 5.75 Å². The van der Waals surface area contributed by atoms with Crippen LogP contribution >= 0.6 is 0 Å². The Morgan fingerprint density at radius 2 is 1.52 bits per heavy atom. The highest BCUT2D eigenvalue weighted by atomic mass is 16.5. The van der Waals surface area contributed by atoms with Gasteiger partial charge in [0.15, 0.2) is 0 Å². The molecule has 0 atom stereocenters. The molecule has 1 rings (SSSR count). The molecule has 0 saturated heterocycles. The second-order valence-electron chi connectivity index (χ2n) is 3.86. The molecular formula is C17H29NO3. The van der Waals surface area contributed by atoms with E-state index in [2.05, 4.69) is 5.32 Å². The number of Topliss-reactive ketones (excluding diaryl/α,β-unsaturated/α-hetero) is 1. The Morgan fingerprint density at radius 3 is 1.95 bits per heavy atom. The van der Waals surface area contributed by atoms with Crippen LogP contribution in [0.4, 0.5) is 5.69 Å². The smallest absolute Gasteiger partial charge is 0.221 e. The predicted molar refractivity (Wildman–Crippen MR) is 88.9 cm³/mol. The lowest BCUT2D eigenvalue weighted by Crippen LogP contribution is -2.05. The number of hydrogen-bond donors (Lipinski definition) is 1. The molecule has 1 aromatic carbocycles. The fourth-order valence-electron chi connectivity index (χ4n) is 1.35. The molecule has 120 valence electrons. The van der Waals surface area contributed by atoms with Gasteiger partial charge in [0.05, 0.1) is 6.61 Å². The summed E-state index contributed by atoms with van der Waals surface area (Å²) in [5.74, 6) is 0.817. The molecule has 0 saturated carbocycles. The molecule has 4 nitrogen and oxygen atoms in total. The third-order valence-corrected chi connectivity index (χ3v) is 2.12. The molecule has 1 N–H and O–H groups in total. The fourth-order valence-corrected chi connectivity index (χ4v) is 1.35. The largest absolute Gasteiger partial charge is 0.494 e. The summed E-state index contributed by atoms with van der Waals surface area (Å²) in [4.78, 5) is 21.5. The molecule has 4 heteroatoms. The SMILES string of the molecule is CC.CC.CC(=O)CCCOc1ccc(NC(C)=O)cc1. The molecule has 1 aromatic rings. The van der Waals surface area contributed by atoms with E-state index in [9.17, 15) is 9.59 Å². The maximum absolute atomic E-state index is 10.8. The van der Waals surface area contributed by atoms with Crippen molar-refractivity contribution in [3.63, 3.8) is 0 Å². The second kappa shape index (κ2) is 14.6. The van der Waals surface area contributed by atoms with E-state index in [0.717, 1.165) is 17.9 Å². The number of benzene rings is 1. The summed E-state index contributed by atoms with van der Waals surface area (Å²) in [6, 6.07) is 7.14. The first kappa shape index (κ1) is 21.5. The van der Waals surface area contributed by atoms with Gasteiger partial charge in [0, 0.05) is 19.0 Å². The molecule has 0 heterocycles. The number of amides is 1. The average Bonchev–Trinajstić information content (AvgIpc) is 2.49. The number of nitrogens with one attached hydrogen (secondary N) is 1. The van der Waals surface area contributed by atoms with Crippen molar-refractivity contribution in [2.75, 3.05) is 11.9 Å². The first-order valence-electron chi connectivity index (χ1n) is 7.58. The van der Waals surface area contributed by atoms with E-state index in [0.29, 0.717) is 13.0 Å². The van der Waals surface area contributed by atoms with Crippen molar-refractivity contribution in [2.45, 2.75) is 54.4 Å². The van der Waals surface area contributed by atoms with Crippen LogP contribution in [-0.2, 0) is 9.59 Å². The minimum Gasteiger partial charge on any atom is -0.494 e. The highest BCUT2D eigenvalue weighted by Gasteiger charge is 1.98. The number of ketones is 1. The summed E-state index contributed by atoms with van der Waals surface area (Å²) in [6.45, 7) is 11.6. The first-order valence-corrected chi connectivity index (χ1v) is 7.58. The fraction of sp³-hybridized carbons (Fsp3) is 0.529. The van der Waals surface area contributed by atoms with Crippen LogP contribution in [0.3, 0.4) is 0 Å². The van der Waals surface area contributed by atoms with Crippen molar-refractivity contribution < 1.29 is 14.3 Å². The van der Waals surface area contributed by atoms with Crippen molar-refractivity contribution >= 4 is 17.4 Å². The number of carbonyl (C=O) groups is 2. The van der Waals surface area contributed by atoms with Crippen LogP contribution in [0, 0.1) is 0 Å².